The summed E-state index contributed by atoms with van der Waals surface area (Å²) in [5.41, 5.74) is 0. The number of amides is 1. The highest BCUT2D eigenvalue weighted by molar-refractivity contribution is 5.85. The van der Waals surface area contributed by atoms with Crippen molar-refractivity contribution in [2.75, 3.05) is 6.54 Å². The Bertz CT molecular complexity index is 312. The van der Waals surface area contributed by atoms with Gasteiger partial charge in [0.1, 0.15) is 0 Å². The average molecular weight is 243 g/mol. The number of rotatable bonds is 6. The standard InChI is InChI=1S/C10H16N2O5/c13-8(14)4-3-7(10(16)17)12-9(15)6-2-1-5-11-6/h6-7,11H,1-5H2,(H,12,15)(H,13,14)(H,16,17)/p-1. The Labute approximate surface area is 98.2 Å². The monoisotopic (exact) mass is 243 g/mol. The zero-order valence-electron chi connectivity index (χ0n) is 9.31. The maximum atomic E-state index is 11.6. The summed E-state index contributed by atoms with van der Waals surface area (Å²) >= 11 is 0. The van der Waals surface area contributed by atoms with Crippen LogP contribution in [0, 0.1) is 0 Å². The zero-order chi connectivity index (χ0) is 12.8. The fourth-order valence-electron chi connectivity index (χ4n) is 1.80. The van der Waals surface area contributed by atoms with Gasteiger partial charge in [0.25, 0.3) is 5.91 Å². The van der Waals surface area contributed by atoms with E-state index in [2.05, 4.69) is 5.32 Å². The molecule has 3 N–H and O–H groups in total. The van der Waals surface area contributed by atoms with E-state index in [-0.39, 0.29) is 18.4 Å². The first-order chi connectivity index (χ1) is 8.00. The summed E-state index contributed by atoms with van der Waals surface area (Å²) in [5, 5.41) is 25.1. The molecule has 2 unspecified atom stereocenters. The molecular weight excluding hydrogens is 228 g/mol. The minimum atomic E-state index is -1.47. The first-order valence-corrected chi connectivity index (χ1v) is 5.55. The van der Waals surface area contributed by atoms with Crippen LogP contribution >= 0.6 is 0 Å². The van der Waals surface area contributed by atoms with Crippen molar-refractivity contribution >= 4 is 17.8 Å². The number of hydrogen-bond acceptors (Lipinski definition) is 5. The van der Waals surface area contributed by atoms with Crippen molar-refractivity contribution in [3.8, 4) is 0 Å². The molecule has 2 atom stereocenters. The van der Waals surface area contributed by atoms with Crippen molar-refractivity contribution in [2.24, 2.45) is 0 Å². The van der Waals surface area contributed by atoms with Gasteiger partial charge in [-0.2, -0.15) is 0 Å². The van der Waals surface area contributed by atoms with E-state index in [0.29, 0.717) is 6.42 Å². The Morgan fingerprint density at radius 2 is 2.06 bits per heavy atom. The molecular formula is C10H15N2O5-. The van der Waals surface area contributed by atoms with Crippen molar-refractivity contribution < 1.29 is 29.9 Å². The van der Waals surface area contributed by atoms with E-state index in [1.807, 2.05) is 5.32 Å². The fourth-order valence-corrected chi connectivity index (χ4v) is 1.80. The second-order valence-electron chi connectivity index (χ2n) is 4.06. The minimum Gasteiger partial charge on any atom is -0.550 e. The predicted octanol–water partition coefficient (Wildman–Crippen LogP) is -4.52. The van der Waals surface area contributed by atoms with Crippen LogP contribution in [0.3, 0.4) is 0 Å². The highest BCUT2D eigenvalue weighted by Crippen LogP contribution is 2.00. The third-order valence-corrected chi connectivity index (χ3v) is 2.75. The van der Waals surface area contributed by atoms with Gasteiger partial charge in [0, 0.05) is 18.8 Å². The number of hydrogen-bond donors (Lipinski definition) is 2. The normalized spacial score (nSPS) is 20.8. The maximum absolute atomic E-state index is 11.6. The highest BCUT2D eigenvalue weighted by Gasteiger charge is 2.27. The lowest BCUT2D eigenvalue weighted by atomic mass is 10.1. The van der Waals surface area contributed by atoms with Crippen LogP contribution in [0.1, 0.15) is 25.7 Å². The number of carboxylic acid groups (broad SMARTS) is 2. The second-order valence-corrected chi connectivity index (χ2v) is 4.06. The van der Waals surface area contributed by atoms with Gasteiger partial charge in [-0.15, -0.1) is 0 Å². The molecule has 7 nitrogen and oxygen atoms in total. The Hall–Kier alpha value is -1.63. The fraction of sp³-hybridized carbons (Fsp3) is 0.700. The molecule has 1 aliphatic heterocycles. The van der Waals surface area contributed by atoms with Crippen LogP contribution in [0.15, 0.2) is 0 Å². The lowest BCUT2D eigenvalue weighted by Crippen LogP contribution is -2.89. The van der Waals surface area contributed by atoms with Gasteiger partial charge in [0.15, 0.2) is 6.04 Å². The number of carbonyl (C=O) groups excluding carboxylic acids is 3. The van der Waals surface area contributed by atoms with Crippen molar-refractivity contribution in [3.05, 3.63) is 0 Å². The van der Waals surface area contributed by atoms with Crippen molar-refractivity contribution in [3.63, 3.8) is 0 Å². The maximum Gasteiger partial charge on any atom is 0.278 e. The third-order valence-electron chi connectivity index (χ3n) is 2.75. The van der Waals surface area contributed by atoms with Gasteiger partial charge in [0.2, 0.25) is 0 Å². The van der Waals surface area contributed by atoms with Gasteiger partial charge in [-0.1, -0.05) is 0 Å². The van der Waals surface area contributed by atoms with E-state index < -0.39 is 24.4 Å². The molecule has 1 amide bonds. The Kier molecular flexibility index (Phi) is 4.89. The molecule has 0 bridgehead atoms. The van der Waals surface area contributed by atoms with E-state index in [1.165, 1.54) is 0 Å². The molecule has 7 heteroatoms. The summed E-state index contributed by atoms with van der Waals surface area (Å²) < 4.78 is 0. The van der Waals surface area contributed by atoms with Crippen molar-refractivity contribution in [1.29, 1.82) is 0 Å². The molecule has 96 valence electrons. The first kappa shape index (κ1) is 13.4. The summed E-state index contributed by atoms with van der Waals surface area (Å²) in [6.07, 6.45) is 0.968. The molecule has 1 rings (SSSR count). The first-order valence-electron chi connectivity index (χ1n) is 5.55. The van der Waals surface area contributed by atoms with Crippen LogP contribution in [0.25, 0.3) is 0 Å². The van der Waals surface area contributed by atoms with Crippen LogP contribution in [-0.4, -0.2) is 36.5 Å². The molecule has 0 radical (unpaired) electrons. The molecule has 0 aliphatic carbocycles. The van der Waals surface area contributed by atoms with E-state index in [4.69, 9.17) is 0 Å². The van der Waals surface area contributed by atoms with Gasteiger partial charge in [-0.25, -0.2) is 0 Å². The molecule has 0 saturated carbocycles. The lowest BCUT2D eigenvalue weighted by Gasteiger charge is -2.20. The largest absolute Gasteiger partial charge is 0.550 e. The number of carboxylic acids is 2. The van der Waals surface area contributed by atoms with Gasteiger partial charge in [-0.3, -0.25) is 4.79 Å². The predicted molar refractivity (Wildman–Crippen MR) is 51.0 cm³/mol. The molecule has 1 saturated heterocycles. The second kappa shape index (κ2) is 6.19. The van der Waals surface area contributed by atoms with Crippen molar-refractivity contribution in [2.45, 2.75) is 37.8 Å². The summed E-state index contributed by atoms with van der Waals surface area (Å²) in [6, 6.07) is -1.55. The zero-order valence-corrected chi connectivity index (χ0v) is 9.31. The Balaban J connectivity index is 2.44. The van der Waals surface area contributed by atoms with Gasteiger partial charge < -0.3 is 30.4 Å². The van der Waals surface area contributed by atoms with Crippen molar-refractivity contribution in [1.82, 2.24) is 5.32 Å². The van der Waals surface area contributed by atoms with Crippen LogP contribution in [0.5, 0.6) is 0 Å². The molecule has 0 spiro atoms. The van der Waals surface area contributed by atoms with E-state index in [1.54, 1.807) is 0 Å². The number of nitrogens with two attached hydrogens (primary N) is 1. The number of carbonyl (C=O) groups is 3. The molecule has 0 aromatic heterocycles. The molecule has 1 heterocycles. The topological polar surface area (TPSA) is 126 Å². The molecule has 0 aromatic rings. The Morgan fingerprint density at radius 3 is 2.53 bits per heavy atom. The number of quaternary nitrogens is 1. The van der Waals surface area contributed by atoms with Crippen LogP contribution < -0.4 is 20.8 Å². The highest BCUT2D eigenvalue weighted by atomic mass is 16.4. The summed E-state index contributed by atoms with van der Waals surface area (Å²) in [7, 11) is 0. The summed E-state index contributed by atoms with van der Waals surface area (Å²) in [4.78, 5) is 32.5. The molecule has 1 fully saturated rings. The van der Waals surface area contributed by atoms with Crippen LogP contribution in [0.4, 0.5) is 0 Å². The SMILES string of the molecule is O=C([O-])CCC(NC(=O)C1CCC[NH2+]1)C(=O)[O-]. The smallest absolute Gasteiger partial charge is 0.278 e. The van der Waals surface area contributed by atoms with Gasteiger partial charge in [0.05, 0.1) is 18.6 Å². The third kappa shape index (κ3) is 4.39. The summed E-state index contributed by atoms with van der Waals surface area (Å²) in [6.45, 7) is 0.840. The molecule has 17 heavy (non-hydrogen) atoms. The van der Waals surface area contributed by atoms with Crippen LogP contribution in [0.2, 0.25) is 0 Å². The number of aliphatic carboxylic acids is 2. The van der Waals surface area contributed by atoms with E-state index >= 15 is 0 Å². The molecule has 0 aromatic carbocycles. The van der Waals surface area contributed by atoms with Gasteiger partial charge in [-0.05, 0) is 12.8 Å². The average Bonchev–Trinajstić information content (AvgIpc) is 2.76. The van der Waals surface area contributed by atoms with E-state index in [0.717, 1.165) is 13.0 Å². The lowest BCUT2D eigenvalue weighted by molar-refractivity contribution is -0.657. The van der Waals surface area contributed by atoms with Gasteiger partial charge >= 0.3 is 0 Å². The Morgan fingerprint density at radius 1 is 1.35 bits per heavy atom. The minimum absolute atomic E-state index is 0.219. The van der Waals surface area contributed by atoms with E-state index in [9.17, 15) is 24.6 Å². The quantitative estimate of drug-likeness (QED) is 0.486. The van der Waals surface area contributed by atoms with Crippen LogP contribution in [-0.2, 0) is 14.4 Å². The number of nitrogens with one attached hydrogen (secondary N) is 1. The summed E-state index contributed by atoms with van der Waals surface area (Å²) in [5.74, 6) is -3.20. The molecule has 1 aliphatic rings.